The van der Waals surface area contributed by atoms with E-state index in [9.17, 15) is 4.79 Å². The highest BCUT2D eigenvalue weighted by molar-refractivity contribution is 5.92. The third-order valence-electron chi connectivity index (χ3n) is 3.36. The number of imidazole rings is 1. The number of hydrogen-bond donors (Lipinski definition) is 2. The Labute approximate surface area is 130 Å². The predicted molar refractivity (Wildman–Crippen MR) is 81.5 cm³/mol. The van der Waals surface area contributed by atoms with Gasteiger partial charge in [0.2, 0.25) is 5.76 Å². The molecule has 0 radical (unpaired) electrons. The number of carbonyl (C=O) groups excluding carboxylic acids is 1. The van der Waals surface area contributed by atoms with Gasteiger partial charge in [-0.05, 0) is 24.3 Å². The number of aromatic amines is 1. The summed E-state index contributed by atoms with van der Waals surface area (Å²) in [5, 5.41) is 6.50. The molecule has 1 amide bonds. The Morgan fingerprint density at radius 2 is 2.09 bits per heavy atom. The summed E-state index contributed by atoms with van der Waals surface area (Å²) in [7, 11) is 0. The third-order valence-corrected chi connectivity index (χ3v) is 3.36. The van der Waals surface area contributed by atoms with Gasteiger partial charge in [-0.25, -0.2) is 4.98 Å². The van der Waals surface area contributed by atoms with Crippen LogP contribution in [0.5, 0.6) is 0 Å². The fourth-order valence-corrected chi connectivity index (χ4v) is 2.26. The van der Waals surface area contributed by atoms with Crippen molar-refractivity contribution in [1.29, 1.82) is 0 Å². The number of nitrogens with one attached hydrogen (secondary N) is 2. The number of furan rings is 1. The van der Waals surface area contributed by atoms with Crippen LogP contribution in [0.25, 0.3) is 22.6 Å². The fraction of sp³-hybridized carbons (Fsp3) is 0.0625. The summed E-state index contributed by atoms with van der Waals surface area (Å²) in [5.74, 6) is 1.26. The number of para-hydroxylation sites is 2. The second kappa shape index (κ2) is 5.45. The van der Waals surface area contributed by atoms with Gasteiger partial charge < -0.3 is 19.2 Å². The molecule has 7 nitrogen and oxygen atoms in total. The molecule has 0 atom stereocenters. The van der Waals surface area contributed by atoms with Gasteiger partial charge in [0.1, 0.15) is 5.82 Å². The van der Waals surface area contributed by atoms with Crippen molar-refractivity contribution in [1.82, 2.24) is 20.4 Å². The Balaban J connectivity index is 1.45. The van der Waals surface area contributed by atoms with Gasteiger partial charge in [0.25, 0.3) is 5.91 Å². The maximum atomic E-state index is 12.1. The minimum Gasteiger partial charge on any atom is -0.461 e. The molecule has 0 saturated carbocycles. The van der Waals surface area contributed by atoms with Crippen molar-refractivity contribution >= 4 is 16.9 Å². The van der Waals surface area contributed by atoms with Crippen LogP contribution in [0, 0.1) is 0 Å². The van der Waals surface area contributed by atoms with Crippen LogP contribution in [0.4, 0.5) is 0 Å². The molecule has 3 heterocycles. The van der Waals surface area contributed by atoms with Crippen LogP contribution >= 0.6 is 0 Å². The number of carbonyl (C=O) groups is 1. The van der Waals surface area contributed by atoms with Crippen LogP contribution in [-0.2, 0) is 6.54 Å². The number of H-pyrrole nitrogens is 1. The Morgan fingerprint density at radius 3 is 2.91 bits per heavy atom. The molecule has 4 rings (SSSR count). The van der Waals surface area contributed by atoms with Crippen molar-refractivity contribution < 1.29 is 13.7 Å². The van der Waals surface area contributed by atoms with E-state index >= 15 is 0 Å². The van der Waals surface area contributed by atoms with Crippen molar-refractivity contribution in [2.75, 3.05) is 0 Å². The highest BCUT2D eigenvalue weighted by Gasteiger charge is 2.15. The molecule has 23 heavy (non-hydrogen) atoms. The minimum atomic E-state index is -0.341. The van der Waals surface area contributed by atoms with E-state index in [1.54, 1.807) is 12.1 Å². The van der Waals surface area contributed by atoms with Gasteiger partial charge in [0.05, 0.1) is 23.8 Å². The zero-order valence-electron chi connectivity index (χ0n) is 11.9. The van der Waals surface area contributed by atoms with Gasteiger partial charge >= 0.3 is 0 Å². The maximum Gasteiger partial charge on any atom is 0.273 e. The molecule has 4 aromatic rings. The Bertz CT molecular complexity index is 920. The average Bonchev–Trinajstić information content (AvgIpc) is 3.31. The normalized spacial score (nSPS) is 11.0. The second-order valence-corrected chi connectivity index (χ2v) is 4.94. The van der Waals surface area contributed by atoms with E-state index in [0.29, 0.717) is 17.3 Å². The number of nitrogens with zero attached hydrogens (tertiary/aromatic N) is 2. The largest absolute Gasteiger partial charge is 0.461 e. The quantitative estimate of drug-likeness (QED) is 0.604. The molecule has 0 unspecified atom stereocenters. The monoisotopic (exact) mass is 308 g/mol. The topological polar surface area (TPSA) is 97.0 Å². The molecule has 0 bridgehead atoms. The molecule has 1 aromatic carbocycles. The first kappa shape index (κ1) is 13.3. The van der Waals surface area contributed by atoms with E-state index < -0.39 is 0 Å². The minimum absolute atomic E-state index is 0.188. The first-order chi connectivity index (χ1) is 11.3. The number of benzene rings is 1. The predicted octanol–water partition coefficient (Wildman–Crippen LogP) is 2.74. The van der Waals surface area contributed by atoms with Crippen molar-refractivity contribution in [3.05, 3.63) is 60.2 Å². The molecule has 0 fully saturated rings. The van der Waals surface area contributed by atoms with Crippen molar-refractivity contribution in [3.8, 4) is 11.5 Å². The van der Waals surface area contributed by atoms with Crippen LogP contribution in [0.2, 0.25) is 0 Å². The number of fused-ring (bicyclic) bond motifs is 1. The van der Waals surface area contributed by atoms with E-state index in [1.807, 2.05) is 24.3 Å². The standard InChI is InChI=1S/C16H12N4O3/c21-16(12-8-14(23-20-12)13-6-3-7-22-13)17-9-15-18-10-4-1-2-5-11(10)19-15/h1-8H,9H2,(H,17,21)(H,18,19). The molecule has 0 aliphatic rings. The number of rotatable bonds is 4. The Morgan fingerprint density at radius 1 is 1.17 bits per heavy atom. The maximum absolute atomic E-state index is 12.1. The van der Waals surface area contributed by atoms with Gasteiger partial charge in [0.15, 0.2) is 11.5 Å². The van der Waals surface area contributed by atoms with Crippen molar-refractivity contribution in [3.63, 3.8) is 0 Å². The lowest BCUT2D eigenvalue weighted by atomic mass is 10.3. The van der Waals surface area contributed by atoms with Crippen molar-refractivity contribution in [2.24, 2.45) is 0 Å². The summed E-state index contributed by atoms with van der Waals surface area (Å²) in [6, 6.07) is 12.7. The Kier molecular flexibility index (Phi) is 3.16. The van der Waals surface area contributed by atoms with Gasteiger partial charge in [-0.1, -0.05) is 17.3 Å². The zero-order valence-corrected chi connectivity index (χ0v) is 11.9. The van der Waals surface area contributed by atoms with E-state index in [2.05, 4.69) is 20.4 Å². The molecular weight excluding hydrogens is 296 g/mol. The summed E-state index contributed by atoms with van der Waals surface area (Å²) in [6.07, 6.45) is 1.53. The third kappa shape index (κ3) is 2.59. The lowest BCUT2D eigenvalue weighted by Gasteiger charge is -1.98. The lowest BCUT2D eigenvalue weighted by molar-refractivity contribution is 0.0941. The highest BCUT2D eigenvalue weighted by Crippen LogP contribution is 2.20. The lowest BCUT2D eigenvalue weighted by Crippen LogP contribution is -2.23. The van der Waals surface area contributed by atoms with Gasteiger partial charge in [-0.2, -0.15) is 0 Å². The molecule has 0 aliphatic carbocycles. The van der Waals surface area contributed by atoms with Gasteiger partial charge in [0, 0.05) is 6.07 Å². The Hall–Kier alpha value is -3.35. The van der Waals surface area contributed by atoms with E-state index in [4.69, 9.17) is 8.94 Å². The summed E-state index contributed by atoms with van der Waals surface area (Å²) in [4.78, 5) is 19.7. The van der Waals surface area contributed by atoms with E-state index in [0.717, 1.165) is 11.0 Å². The van der Waals surface area contributed by atoms with Crippen LogP contribution in [0.15, 0.2) is 57.7 Å². The van der Waals surface area contributed by atoms with Gasteiger partial charge in [-0.15, -0.1) is 0 Å². The highest BCUT2D eigenvalue weighted by atomic mass is 16.5. The average molecular weight is 308 g/mol. The molecule has 0 saturated heterocycles. The van der Waals surface area contributed by atoms with Crippen molar-refractivity contribution in [2.45, 2.75) is 6.54 Å². The molecule has 0 aliphatic heterocycles. The van der Waals surface area contributed by atoms with Crippen LogP contribution in [0.1, 0.15) is 16.3 Å². The molecule has 2 N–H and O–H groups in total. The number of aromatic nitrogens is 3. The molecule has 3 aromatic heterocycles. The molecule has 114 valence electrons. The summed E-state index contributed by atoms with van der Waals surface area (Å²) in [5.41, 5.74) is 1.98. The number of hydrogen-bond acceptors (Lipinski definition) is 5. The SMILES string of the molecule is O=C(NCc1nc2ccccc2[nH]1)c1cc(-c2ccco2)on1. The summed E-state index contributed by atoms with van der Waals surface area (Å²) < 4.78 is 10.3. The van der Waals surface area contributed by atoms with Crippen LogP contribution in [-0.4, -0.2) is 21.0 Å². The first-order valence-corrected chi connectivity index (χ1v) is 7.02. The van der Waals surface area contributed by atoms with E-state index in [-0.39, 0.29) is 18.1 Å². The summed E-state index contributed by atoms with van der Waals surface area (Å²) in [6.45, 7) is 0.274. The van der Waals surface area contributed by atoms with Crippen LogP contribution < -0.4 is 5.32 Å². The summed E-state index contributed by atoms with van der Waals surface area (Å²) >= 11 is 0. The second-order valence-electron chi connectivity index (χ2n) is 4.94. The number of amides is 1. The molecule has 7 heteroatoms. The van der Waals surface area contributed by atoms with Gasteiger partial charge in [-0.3, -0.25) is 4.79 Å². The first-order valence-electron chi connectivity index (χ1n) is 7.02. The molecular formula is C16H12N4O3. The fourth-order valence-electron chi connectivity index (χ4n) is 2.26. The van der Waals surface area contributed by atoms with E-state index in [1.165, 1.54) is 12.3 Å². The van der Waals surface area contributed by atoms with Crippen LogP contribution in [0.3, 0.4) is 0 Å². The molecule has 0 spiro atoms. The zero-order chi connectivity index (χ0) is 15.6. The smallest absolute Gasteiger partial charge is 0.273 e.